The molecule has 2 N–H and O–H groups in total. The van der Waals surface area contributed by atoms with Gasteiger partial charge in [-0.2, -0.15) is 5.10 Å². The van der Waals surface area contributed by atoms with E-state index in [0.717, 1.165) is 15.7 Å². The predicted molar refractivity (Wildman–Crippen MR) is 117 cm³/mol. The summed E-state index contributed by atoms with van der Waals surface area (Å²) in [5.41, 5.74) is 4.07. The van der Waals surface area contributed by atoms with Crippen LogP contribution in [0.5, 0.6) is 0 Å². The lowest BCUT2D eigenvalue weighted by atomic mass is 10.1. The summed E-state index contributed by atoms with van der Waals surface area (Å²) in [7, 11) is 0. The normalized spacial score (nSPS) is 10.7. The van der Waals surface area contributed by atoms with Crippen LogP contribution in [-0.4, -0.2) is 20.9 Å². The van der Waals surface area contributed by atoms with Gasteiger partial charge < -0.3 is 10.4 Å². The standard InChI is InChI=1S/C23H17BrFN3O2/c24-18-6-8-20(9-7-18)26-13-17-14-28(21-10-4-15(5-11-21)23(29)30)27-22(17)16-2-1-3-19(25)12-16/h1-12,14,26H,13H2,(H,29,30). The first-order chi connectivity index (χ1) is 14.5. The third-order valence-electron chi connectivity index (χ3n) is 4.59. The molecule has 0 bridgehead atoms. The maximum atomic E-state index is 13.8. The van der Waals surface area contributed by atoms with E-state index in [0.29, 0.717) is 23.5 Å². The van der Waals surface area contributed by atoms with Crippen LogP contribution in [-0.2, 0) is 6.54 Å². The van der Waals surface area contributed by atoms with Crippen molar-refractivity contribution in [2.45, 2.75) is 6.54 Å². The summed E-state index contributed by atoms with van der Waals surface area (Å²) in [5, 5.41) is 17.1. The zero-order chi connectivity index (χ0) is 21.1. The lowest BCUT2D eigenvalue weighted by Crippen LogP contribution is -2.00. The Bertz CT molecular complexity index is 1190. The Kier molecular flexibility index (Phi) is 5.63. The molecule has 0 aliphatic carbocycles. The number of nitrogens with zero attached hydrogens (tertiary/aromatic N) is 2. The monoisotopic (exact) mass is 465 g/mol. The first-order valence-electron chi connectivity index (χ1n) is 9.17. The Morgan fingerprint density at radius 1 is 1.07 bits per heavy atom. The molecule has 0 aliphatic rings. The lowest BCUT2D eigenvalue weighted by molar-refractivity contribution is 0.0697. The average Bonchev–Trinajstić information content (AvgIpc) is 3.18. The molecule has 0 amide bonds. The number of carboxylic acid groups (broad SMARTS) is 1. The van der Waals surface area contributed by atoms with Crippen LogP contribution in [0.3, 0.4) is 0 Å². The van der Waals surface area contributed by atoms with Crippen molar-refractivity contribution < 1.29 is 14.3 Å². The minimum absolute atomic E-state index is 0.202. The number of aromatic nitrogens is 2. The molecule has 0 atom stereocenters. The van der Waals surface area contributed by atoms with Gasteiger partial charge >= 0.3 is 5.97 Å². The number of halogens is 2. The smallest absolute Gasteiger partial charge is 0.335 e. The van der Waals surface area contributed by atoms with E-state index < -0.39 is 5.97 Å². The van der Waals surface area contributed by atoms with E-state index in [4.69, 9.17) is 5.11 Å². The van der Waals surface area contributed by atoms with Crippen LogP contribution in [0.1, 0.15) is 15.9 Å². The molecule has 7 heteroatoms. The molecular weight excluding hydrogens is 449 g/mol. The molecule has 150 valence electrons. The van der Waals surface area contributed by atoms with E-state index in [1.54, 1.807) is 22.9 Å². The van der Waals surface area contributed by atoms with Gasteiger partial charge in [0.05, 0.1) is 16.9 Å². The lowest BCUT2D eigenvalue weighted by Gasteiger charge is -2.07. The third-order valence-corrected chi connectivity index (χ3v) is 5.12. The van der Waals surface area contributed by atoms with Gasteiger partial charge in [0.15, 0.2) is 0 Å². The number of rotatable bonds is 6. The number of benzene rings is 3. The fourth-order valence-electron chi connectivity index (χ4n) is 3.07. The largest absolute Gasteiger partial charge is 0.478 e. The van der Waals surface area contributed by atoms with Gasteiger partial charge in [0.25, 0.3) is 0 Å². The number of hydrogen-bond donors (Lipinski definition) is 2. The van der Waals surface area contributed by atoms with E-state index in [1.807, 2.05) is 36.5 Å². The maximum Gasteiger partial charge on any atom is 0.335 e. The SMILES string of the molecule is O=C(O)c1ccc(-n2cc(CNc3ccc(Br)cc3)c(-c3cccc(F)c3)n2)cc1. The van der Waals surface area contributed by atoms with E-state index in [2.05, 4.69) is 26.3 Å². The molecule has 3 aromatic carbocycles. The van der Waals surface area contributed by atoms with E-state index >= 15 is 0 Å². The zero-order valence-corrected chi connectivity index (χ0v) is 17.3. The van der Waals surface area contributed by atoms with Crippen LogP contribution >= 0.6 is 15.9 Å². The molecule has 0 fully saturated rings. The second-order valence-corrected chi connectivity index (χ2v) is 7.59. The number of aromatic carboxylic acids is 1. The van der Waals surface area contributed by atoms with Crippen molar-refractivity contribution in [3.05, 3.63) is 100 Å². The second kappa shape index (κ2) is 8.51. The van der Waals surface area contributed by atoms with Gasteiger partial charge in [-0.1, -0.05) is 28.1 Å². The van der Waals surface area contributed by atoms with Gasteiger partial charge in [-0.15, -0.1) is 0 Å². The van der Waals surface area contributed by atoms with Crippen molar-refractivity contribution >= 4 is 27.6 Å². The van der Waals surface area contributed by atoms with Crippen molar-refractivity contribution in [2.75, 3.05) is 5.32 Å². The molecular formula is C23H17BrFN3O2. The van der Waals surface area contributed by atoms with Crippen molar-refractivity contribution in [2.24, 2.45) is 0 Å². The number of anilines is 1. The number of carboxylic acids is 1. The van der Waals surface area contributed by atoms with Crippen LogP contribution < -0.4 is 5.32 Å². The highest BCUT2D eigenvalue weighted by molar-refractivity contribution is 9.10. The van der Waals surface area contributed by atoms with Gasteiger partial charge in [0.2, 0.25) is 0 Å². The summed E-state index contributed by atoms with van der Waals surface area (Å²) in [4.78, 5) is 11.1. The molecule has 0 radical (unpaired) electrons. The Hall–Kier alpha value is -3.45. The Labute approximate surface area is 180 Å². The highest BCUT2D eigenvalue weighted by atomic mass is 79.9. The molecule has 5 nitrogen and oxygen atoms in total. The molecule has 0 aliphatic heterocycles. The fraction of sp³-hybridized carbons (Fsp3) is 0.0435. The molecule has 0 saturated carbocycles. The van der Waals surface area contributed by atoms with E-state index in [1.165, 1.54) is 24.3 Å². The first kappa shape index (κ1) is 19.8. The molecule has 1 aromatic heterocycles. The maximum absolute atomic E-state index is 13.8. The number of nitrogens with one attached hydrogen (secondary N) is 1. The van der Waals surface area contributed by atoms with Crippen LogP contribution in [0.15, 0.2) is 83.5 Å². The van der Waals surface area contributed by atoms with Gasteiger partial charge in [-0.3, -0.25) is 0 Å². The summed E-state index contributed by atoms with van der Waals surface area (Å²) in [5.74, 6) is -1.32. The van der Waals surface area contributed by atoms with Crippen LogP contribution in [0.25, 0.3) is 16.9 Å². The van der Waals surface area contributed by atoms with Crippen LogP contribution in [0, 0.1) is 5.82 Å². The van der Waals surface area contributed by atoms with Crippen molar-refractivity contribution in [1.82, 2.24) is 9.78 Å². The van der Waals surface area contributed by atoms with Crippen molar-refractivity contribution in [3.63, 3.8) is 0 Å². The zero-order valence-electron chi connectivity index (χ0n) is 15.7. The minimum atomic E-state index is -0.984. The highest BCUT2D eigenvalue weighted by Crippen LogP contribution is 2.26. The quantitative estimate of drug-likeness (QED) is 0.380. The summed E-state index contributed by atoms with van der Waals surface area (Å²) in [6.07, 6.45) is 1.86. The first-order valence-corrected chi connectivity index (χ1v) is 9.96. The Balaban J connectivity index is 1.69. The molecule has 0 saturated heterocycles. The number of carbonyl (C=O) groups is 1. The number of hydrogen-bond acceptors (Lipinski definition) is 3. The highest BCUT2D eigenvalue weighted by Gasteiger charge is 2.13. The van der Waals surface area contributed by atoms with Gasteiger partial charge in [-0.05, 0) is 60.7 Å². The molecule has 1 heterocycles. The van der Waals surface area contributed by atoms with Gasteiger partial charge in [-0.25, -0.2) is 13.9 Å². The van der Waals surface area contributed by atoms with E-state index in [-0.39, 0.29) is 11.4 Å². The Morgan fingerprint density at radius 2 is 1.80 bits per heavy atom. The van der Waals surface area contributed by atoms with Gasteiger partial charge in [0, 0.05) is 34.0 Å². The van der Waals surface area contributed by atoms with E-state index in [9.17, 15) is 9.18 Å². The topological polar surface area (TPSA) is 67.2 Å². The molecule has 0 spiro atoms. The fourth-order valence-corrected chi connectivity index (χ4v) is 3.34. The summed E-state index contributed by atoms with van der Waals surface area (Å²) >= 11 is 3.42. The third kappa shape index (κ3) is 4.41. The molecule has 0 unspecified atom stereocenters. The van der Waals surface area contributed by atoms with Crippen LogP contribution in [0.4, 0.5) is 10.1 Å². The average molecular weight is 466 g/mol. The van der Waals surface area contributed by atoms with Crippen molar-refractivity contribution in [1.29, 1.82) is 0 Å². The summed E-state index contributed by atoms with van der Waals surface area (Å²) in [6, 6.07) is 20.6. The molecule has 30 heavy (non-hydrogen) atoms. The second-order valence-electron chi connectivity index (χ2n) is 6.67. The molecule has 4 aromatic rings. The summed E-state index contributed by atoms with van der Waals surface area (Å²) < 4.78 is 16.5. The predicted octanol–water partition coefficient (Wildman–Crippen LogP) is 5.75. The molecule has 4 rings (SSSR count). The Morgan fingerprint density at radius 3 is 2.47 bits per heavy atom. The van der Waals surface area contributed by atoms with Gasteiger partial charge in [0.1, 0.15) is 5.82 Å². The van der Waals surface area contributed by atoms with Crippen molar-refractivity contribution in [3.8, 4) is 16.9 Å². The minimum Gasteiger partial charge on any atom is -0.478 e. The summed E-state index contributed by atoms with van der Waals surface area (Å²) in [6.45, 7) is 0.487. The van der Waals surface area contributed by atoms with Crippen LogP contribution in [0.2, 0.25) is 0 Å².